The first-order chi connectivity index (χ1) is 9.74. The van der Waals surface area contributed by atoms with E-state index >= 15 is 0 Å². The highest BCUT2D eigenvalue weighted by Gasteiger charge is 2.09. The average molecular weight is 282 g/mol. The number of nitrogens with zero attached hydrogens (tertiary/aromatic N) is 3. The zero-order chi connectivity index (χ0) is 14.4. The Kier molecular flexibility index (Phi) is 4.65. The second kappa shape index (κ2) is 6.65. The molecule has 0 aliphatic rings. The number of halogens is 1. The van der Waals surface area contributed by atoms with Crippen LogP contribution in [0.15, 0.2) is 60.5 Å². The van der Waals surface area contributed by atoms with E-state index in [9.17, 15) is 0 Å². The van der Waals surface area contributed by atoms with Gasteiger partial charge >= 0.3 is 0 Å². The zero-order valence-electron chi connectivity index (χ0n) is 11.0. The van der Waals surface area contributed by atoms with Crippen LogP contribution in [0.5, 0.6) is 0 Å². The van der Waals surface area contributed by atoms with E-state index in [4.69, 9.17) is 11.6 Å². The minimum Gasteiger partial charge on any atom is -0.207 e. The summed E-state index contributed by atoms with van der Waals surface area (Å²) in [4.78, 5) is 12.6. The molecule has 0 fully saturated rings. The molecule has 20 heavy (non-hydrogen) atoms. The van der Waals surface area contributed by atoms with Gasteiger partial charge < -0.3 is 0 Å². The van der Waals surface area contributed by atoms with Crippen LogP contribution in [-0.2, 0) is 0 Å². The quantitative estimate of drug-likeness (QED) is 0.628. The van der Waals surface area contributed by atoms with Gasteiger partial charge in [0.15, 0.2) is 11.6 Å². The van der Waals surface area contributed by atoms with Gasteiger partial charge in [0.2, 0.25) is 5.28 Å². The molecule has 0 N–H and O–H groups in total. The monoisotopic (exact) mass is 281 g/mol. The first kappa shape index (κ1) is 14.0. The molecule has 0 radical (unpaired) electrons. The van der Waals surface area contributed by atoms with E-state index in [0.717, 1.165) is 5.56 Å². The van der Waals surface area contributed by atoms with Crippen LogP contribution in [0.25, 0.3) is 17.0 Å². The Balaban J connectivity index is 2.60. The maximum atomic E-state index is 5.97. The zero-order valence-corrected chi connectivity index (χ0v) is 11.7. The van der Waals surface area contributed by atoms with E-state index in [0.29, 0.717) is 17.2 Å². The van der Waals surface area contributed by atoms with Crippen molar-refractivity contribution in [3.8, 4) is 11.4 Å². The molecule has 0 saturated heterocycles. The summed E-state index contributed by atoms with van der Waals surface area (Å²) in [5.74, 6) is 0.940. The molecule has 4 heteroatoms. The van der Waals surface area contributed by atoms with Gasteiger partial charge in [-0.25, -0.2) is 4.98 Å². The molecule has 98 valence electrons. The number of hydrogen-bond acceptors (Lipinski definition) is 3. The van der Waals surface area contributed by atoms with E-state index in [-0.39, 0.29) is 5.28 Å². The molecule has 0 saturated carbocycles. The molecule has 0 amide bonds. The third-order valence-electron chi connectivity index (χ3n) is 2.44. The Morgan fingerprint density at radius 2 is 1.95 bits per heavy atom. The molecule has 1 heterocycles. The van der Waals surface area contributed by atoms with E-state index < -0.39 is 0 Å². The van der Waals surface area contributed by atoms with Crippen LogP contribution in [0, 0.1) is 0 Å². The molecule has 1 aromatic heterocycles. The maximum Gasteiger partial charge on any atom is 0.226 e. The number of hydrogen-bond donors (Lipinski definition) is 0. The Labute approximate surface area is 122 Å². The largest absolute Gasteiger partial charge is 0.226 e. The summed E-state index contributed by atoms with van der Waals surface area (Å²) in [6, 6.07) is 9.58. The third kappa shape index (κ3) is 3.31. The van der Waals surface area contributed by atoms with Gasteiger partial charge in [-0.15, -0.1) is 0 Å². The summed E-state index contributed by atoms with van der Waals surface area (Å²) in [5, 5.41) is 0.135. The van der Waals surface area contributed by atoms with Crippen molar-refractivity contribution in [3.63, 3.8) is 0 Å². The second-order valence-corrected chi connectivity index (χ2v) is 4.13. The molecule has 0 unspecified atom stereocenters. The molecule has 3 nitrogen and oxygen atoms in total. The summed E-state index contributed by atoms with van der Waals surface area (Å²) in [6.07, 6.45) is 3.35. The highest BCUT2D eigenvalue weighted by molar-refractivity contribution is 6.28. The molecular weight excluding hydrogens is 270 g/mol. The van der Waals surface area contributed by atoms with Crippen LogP contribution in [0.2, 0.25) is 5.28 Å². The molecule has 2 aromatic rings. The average Bonchev–Trinajstić information content (AvgIpc) is 2.48. The molecular formula is C16H12ClN3. The van der Waals surface area contributed by atoms with Gasteiger partial charge in [0.25, 0.3) is 0 Å². The fourth-order valence-corrected chi connectivity index (χ4v) is 1.70. The number of rotatable bonds is 3. The van der Waals surface area contributed by atoms with Crippen molar-refractivity contribution in [2.24, 2.45) is 0 Å². The fraction of sp³-hybridized carbons (Fsp3) is 0.0625. The minimum absolute atomic E-state index is 0.135. The van der Waals surface area contributed by atoms with Crippen molar-refractivity contribution < 1.29 is 0 Å². The lowest BCUT2D eigenvalue weighted by atomic mass is 10.2. The molecule has 1 aromatic carbocycles. The van der Waals surface area contributed by atoms with Crippen molar-refractivity contribution in [1.82, 2.24) is 15.0 Å². The van der Waals surface area contributed by atoms with E-state index in [1.54, 1.807) is 12.2 Å². The van der Waals surface area contributed by atoms with Crippen LogP contribution in [0.1, 0.15) is 12.7 Å². The fourth-order valence-electron chi connectivity index (χ4n) is 1.54. The van der Waals surface area contributed by atoms with Crippen LogP contribution in [0.3, 0.4) is 0 Å². The molecule has 0 aliphatic heterocycles. The number of allylic oxidation sites excluding steroid dienone is 3. The van der Waals surface area contributed by atoms with Crippen molar-refractivity contribution in [3.05, 3.63) is 71.6 Å². The van der Waals surface area contributed by atoms with Crippen LogP contribution in [0.4, 0.5) is 0 Å². The van der Waals surface area contributed by atoms with Gasteiger partial charge in [-0.1, -0.05) is 48.4 Å². The van der Waals surface area contributed by atoms with Crippen LogP contribution < -0.4 is 0 Å². The Morgan fingerprint density at radius 1 is 1.20 bits per heavy atom. The Hall–Kier alpha value is -2.44. The lowest BCUT2D eigenvalue weighted by Crippen LogP contribution is -1.99. The van der Waals surface area contributed by atoms with Crippen molar-refractivity contribution >= 4 is 17.2 Å². The van der Waals surface area contributed by atoms with E-state index in [2.05, 4.69) is 33.0 Å². The lowest BCUT2D eigenvalue weighted by molar-refractivity contribution is 1.03. The van der Waals surface area contributed by atoms with Gasteiger partial charge in [0.1, 0.15) is 0 Å². The summed E-state index contributed by atoms with van der Waals surface area (Å²) in [6.45, 7) is 5.58. The van der Waals surface area contributed by atoms with E-state index in [1.807, 2.05) is 37.3 Å². The molecule has 0 atom stereocenters. The van der Waals surface area contributed by atoms with Gasteiger partial charge in [0.05, 0.1) is 5.57 Å². The maximum absolute atomic E-state index is 5.97. The first-order valence-corrected chi connectivity index (χ1v) is 6.38. The molecule has 0 aliphatic carbocycles. The molecule has 0 bridgehead atoms. The second-order valence-electron chi connectivity index (χ2n) is 3.79. The molecule has 0 spiro atoms. The summed E-state index contributed by atoms with van der Waals surface area (Å²) < 4.78 is 0. The van der Waals surface area contributed by atoms with Crippen molar-refractivity contribution in [2.75, 3.05) is 0 Å². The van der Waals surface area contributed by atoms with Crippen LogP contribution in [-0.4, -0.2) is 15.0 Å². The Bertz CT molecular complexity index is 723. The molecule has 2 rings (SSSR count). The minimum atomic E-state index is 0.135. The first-order valence-electron chi connectivity index (χ1n) is 6.00. The predicted octanol–water partition coefficient (Wildman–Crippen LogP) is 4.09. The lowest BCUT2D eigenvalue weighted by Gasteiger charge is -2.03. The topological polar surface area (TPSA) is 38.7 Å². The van der Waals surface area contributed by atoms with Gasteiger partial charge in [-0.05, 0) is 30.7 Å². The van der Waals surface area contributed by atoms with Crippen LogP contribution >= 0.6 is 11.6 Å². The normalized spacial score (nSPS) is 9.30. The number of benzene rings is 1. The van der Waals surface area contributed by atoms with Gasteiger partial charge in [-0.2, -0.15) is 9.97 Å². The van der Waals surface area contributed by atoms with Crippen molar-refractivity contribution in [1.29, 1.82) is 0 Å². The summed E-state index contributed by atoms with van der Waals surface area (Å²) >= 11 is 5.97. The van der Waals surface area contributed by atoms with E-state index in [1.165, 1.54) is 0 Å². The summed E-state index contributed by atoms with van der Waals surface area (Å²) in [5.41, 5.74) is 7.26. The third-order valence-corrected chi connectivity index (χ3v) is 2.61. The Morgan fingerprint density at radius 3 is 2.60 bits per heavy atom. The highest BCUT2D eigenvalue weighted by atomic mass is 35.5. The van der Waals surface area contributed by atoms with Gasteiger partial charge in [-0.3, -0.25) is 0 Å². The highest BCUT2D eigenvalue weighted by Crippen LogP contribution is 2.18. The smallest absolute Gasteiger partial charge is 0.207 e. The standard InChI is InChI=1S/C16H12ClN3/c1-3-5-9-12(4-2)14-18-15(20-16(17)19-14)13-10-7-6-8-11-13/h3-4,6-8,10-11H,2H2,1H3. The predicted molar refractivity (Wildman–Crippen MR) is 81.1 cm³/mol. The SMILES string of the molecule is C=CC(=C=C=CC)c1nc(Cl)nc(-c2ccccc2)n1. The number of aromatic nitrogens is 3. The van der Waals surface area contributed by atoms with Crippen molar-refractivity contribution in [2.45, 2.75) is 6.92 Å². The van der Waals surface area contributed by atoms with Gasteiger partial charge in [0, 0.05) is 5.56 Å². The summed E-state index contributed by atoms with van der Waals surface area (Å²) in [7, 11) is 0.